The average Bonchev–Trinajstić information content (AvgIpc) is 3.06. The first-order valence-electron chi connectivity index (χ1n) is 6.35. The summed E-state index contributed by atoms with van der Waals surface area (Å²) >= 11 is 0. The van der Waals surface area contributed by atoms with Crippen LogP contribution in [0.4, 0.5) is 0 Å². The first-order valence-corrected chi connectivity index (χ1v) is 6.35. The molecule has 2 aliphatic rings. The molecule has 0 saturated carbocycles. The van der Waals surface area contributed by atoms with Crippen molar-refractivity contribution < 1.29 is 9.90 Å². The number of hydrogen-bond donors (Lipinski definition) is 1. The fourth-order valence-electron chi connectivity index (χ4n) is 1.98. The summed E-state index contributed by atoms with van der Waals surface area (Å²) in [5.74, 6) is -0.744. The lowest BCUT2D eigenvalue weighted by molar-refractivity contribution is -0.137. The molecule has 1 N–H and O–H groups in total. The highest BCUT2D eigenvalue weighted by Crippen LogP contribution is 2.16. The first kappa shape index (κ1) is 13.5. The molecule has 2 aliphatic heterocycles. The minimum atomic E-state index is -0.744. The number of aliphatic carboxylic acids is 1. The van der Waals surface area contributed by atoms with Gasteiger partial charge in [0.25, 0.3) is 0 Å². The van der Waals surface area contributed by atoms with Crippen LogP contribution >= 0.6 is 0 Å². The van der Waals surface area contributed by atoms with Gasteiger partial charge >= 0.3 is 5.97 Å². The third kappa shape index (κ3) is 4.06. The Morgan fingerprint density at radius 1 is 0.947 bits per heavy atom. The van der Waals surface area contributed by atoms with Gasteiger partial charge in [0.1, 0.15) is 0 Å². The molecule has 0 bridgehead atoms. The van der Waals surface area contributed by atoms with E-state index in [0.717, 1.165) is 19.4 Å². The molecule has 0 aromatic rings. The molecule has 0 aromatic heterocycles. The Kier molecular flexibility index (Phi) is 4.91. The molecule has 0 radical (unpaired) electrons. The van der Waals surface area contributed by atoms with Crippen molar-refractivity contribution in [1.82, 2.24) is 4.90 Å². The van der Waals surface area contributed by atoms with Crippen molar-refractivity contribution in [3.8, 4) is 0 Å². The molecule has 0 fully saturated rings. The number of rotatable bonds is 8. The van der Waals surface area contributed by atoms with Gasteiger partial charge in [-0.1, -0.05) is 6.42 Å². The monoisotopic (exact) mass is 263 g/mol. The van der Waals surface area contributed by atoms with E-state index in [0.29, 0.717) is 6.42 Å². The Balaban J connectivity index is 1.79. The summed E-state index contributed by atoms with van der Waals surface area (Å²) in [5.41, 5.74) is 0. The van der Waals surface area contributed by atoms with Crippen LogP contribution in [0, 0.1) is 0 Å². The van der Waals surface area contributed by atoms with Crippen LogP contribution in [0.25, 0.3) is 0 Å². The van der Waals surface area contributed by atoms with E-state index in [2.05, 4.69) is 20.0 Å². The van der Waals surface area contributed by atoms with E-state index in [9.17, 15) is 4.79 Å². The molecule has 7 heteroatoms. The normalized spacial score (nSPS) is 18.2. The summed E-state index contributed by atoms with van der Waals surface area (Å²) in [5, 5.41) is 8.58. The molecule has 0 amide bonds. The summed E-state index contributed by atoms with van der Waals surface area (Å²) in [6.45, 7) is 0.748. The molecule has 19 heavy (non-hydrogen) atoms. The fraction of sp³-hybridized carbons (Fsp3) is 0.583. The Hall–Kier alpha value is -1.89. The number of hydrogen-bond acceptors (Lipinski definition) is 6. The van der Waals surface area contributed by atoms with E-state index >= 15 is 0 Å². The van der Waals surface area contributed by atoms with Gasteiger partial charge in [-0.25, -0.2) is 24.9 Å². The summed E-state index contributed by atoms with van der Waals surface area (Å²) in [7, 11) is 0. The summed E-state index contributed by atoms with van der Waals surface area (Å²) < 4.78 is 0. The van der Waals surface area contributed by atoms with E-state index in [4.69, 9.17) is 5.11 Å². The maximum Gasteiger partial charge on any atom is 0.303 e. The smallest absolute Gasteiger partial charge is 0.303 e. The Morgan fingerprint density at radius 3 is 1.95 bits per heavy atom. The highest BCUT2D eigenvalue weighted by atomic mass is 16.4. The van der Waals surface area contributed by atoms with Gasteiger partial charge in [0.05, 0.1) is 0 Å². The molecule has 0 aliphatic carbocycles. The topological polar surface area (TPSA) is 90.0 Å². The zero-order valence-corrected chi connectivity index (χ0v) is 10.6. The molecule has 7 nitrogen and oxygen atoms in total. The highest BCUT2D eigenvalue weighted by Gasteiger charge is 2.25. The summed E-state index contributed by atoms with van der Waals surface area (Å²) in [6, 6.07) is 0. The molecule has 102 valence electrons. The maximum absolute atomic E-state index is 10.4. The molecule has 0 atom stereocenters. The van der Waals surface area contributed by atoms with Gasteiger partial charge in [-0.15, -0.1) is 0 Å². The van der Waals surface area contributed by atoms with E-state index < -0.39 is 5.97 Å². The van der Waals surface area contributed by atoms with Crippen molar-refractivity contribution in [3.63, 3.8) is 0 Å². The third-order valence-corrected chi connectivity index (χ3v) is 2.91. The van der Waals surface area contributed by atoms with Crippen LogP contribution in [0.1, 0.15) is 25.7 Å². The zero-order chi connectivity index (χ0) is 13.5. The molecular weight excluding hydrogens is 246 g/mol. The van der Waals surface area contributed by atoms with Gasteiger partial charge in [0.15, 0.2) is 12.6 Å². The molecule has 0 spiro atoms. The van der Waals surface area contributed by atoms with Crippen molar-refractivity contribution >= 4 is 30.8 Å². The SMILES string of the molecule is O=C(O)CCCCCN(C1N=CC=N1)C1N=CC=N1. The van der Waals surface area contributed by atoms with Gasteiger partial charge in [-0.3, -0.25) is 4.79 Å². The van der Waals surface area contributed by atoms with Crippen LogP contribution in [0.5, 0.6) is 0 Å². The van der Waals surface area contributed by atoms with Crippen molar-refractivity contribution in [2.24, 2.45) is 20.0 Å². The van der Waals surface area contributed by atoms with Crippen LogP contribution in [-0.4, -0.2) is 60.0 Å². The Morgan fingerprint density at radius 2 is 1.47 bits per heavy atom. The van der Waals surface area contributed by atoms with Crippen molar-refractivity contribution in [1.29, 1.82) is 0 Å². The lowest BCUT2D eigenvalue weighted by Gasteiger charge is -2.26. The first-order chi connectivity index (χ1) is 9.27. The van der Waals surface area contributed by atoms with Crippen molar-refractivity contribution in [3.05, 3.63) is 0 Å². The lowest BCUT2D eigenvalue weighted by atomic mass is 10.2. The number of carboxylic acids is 1. The number of aliphatic imine (C=N–C) groups is 4. The fourth-order valence-corrected chi connectivity index (χ4v) is 1.98. The van der Waals surface area contributed by atoms with Crippen molar-refractivity contribution in [2.75, 3.05) is 6.54 Å². The van der Waals surface area contributed by atoms with Gasteiger partial charge < -0.3 is 5.11 Å². The largest absolute Gasteiger partial charge is 0.481 e. The second-order valence-corrected chi connectivity index (χ2v) is 4.33. The molecular formula is C12H17N5O2. The van der Waals surface area contributed by atoms with Crippen LogP contribution in [-0.2, 0) is 4.79 Å². The number of carbonyl (C=O) groups is 1. The summed E-state index contributed by atoms with van der Waals surface area (Å²) in [6.07, 6.45) is 8.84. The zero-order valence-electron chi connectivity index (χ0n) is 10.6. The second kappa shape index (κ2) is 6.89. The maximum atomic E-state index is 10.4. The van der Waals surface area contributed by atoms with E-state index in [1.807, 2.05) is 4.90 Å². The predicted octanol–water partition coefficient (Wildman–Crippen LogP) is 0.811. The Labute approximate surface area is 111 Å². The number of carboxylic acid groups (broad SMARTS) is 1. The van der Waals surface area contributed by atoms with Crippen LogP contribution in [0.3, 0.4) is 0 Å². The van der Waals surface area contributed by atoms with E-state index in [1.165, 1.54) is 0 Å². The lowest BCUT2D eigenvalue weighted by Crippen LogP contribution is -2.39. The van der Waals surface area contributed by atoms with Crippen LogP contribution in [0.15, 0.2) is 20.0 Å². The van der Waals surface area contributed by atoms with Gasteiger partial charge in [0.2, 0.25) is 0 Å². The van der Waals surface area contributed by atoms with Gasteiger partial charge in [0, 0.05) is 37.8 Å². The highest BCUT2D eigenvalue weighted by molar-refractivity contribution is 6.17. The van der Waals surface area contributed by atoms with Crippen molar-refractivity contribution in [2.45, 2.75) is 38.3 Å². The van der Waals surface area contributed by atoms with Gasteiger partial charge in [-0.2, -0.15) is 0 Å². The van der Waals surface area contributed by atoms with E-state index in [1.54, 1.807) is 24.9 Å². The number of unbranched alkanes of at least 4 members (excludes halogenated alkanes) is 2. The number of nitrogens with zero attached hydrogens (tertiary/aromatic N) is 5. The second-order valence-electron chi connectivity index (χ2n) is 4.33. The van der Waals surface area contributed by atoms with Gasteiger partial charge in [-0.05, 0) is 12.8 Å². The molecule has 0 unspecified atom stereocenters. The summed E-state index contributed by atoms with van der Waals surface area (Å²) in [4.78, 5) is 29.4. The molecule has 0 aromatic carbocycles. The minimum Gasteiger partial charge on any atom is -0.481 e. The van der Waals surface area contributed by atoms with Crippen LogP contribution < -0.4 is 0 Å². The standard InChI is InChI=1S/C12H17N5O2/c18-10(19)4-2-1-3-9-17(11-13-5-6-14-11)12-15-7-8-16-12/h5-8,11-12H,1-4,9H2,(H,18,19). The molecule has 2 rings (SSSR count). The quantitative estimate of drug-likeness (QED) is 0.657. The Bertz CT molecular complexity index is 378. The van der Waals surface area contributed by atoms with Crippen LogP contribution in [0.2, 0.25) is 0 Å². The minimum absolute atomic E-state index is 0.222. The van der Waals surface area contributed by atoms with E-state index in [-0.39, 0.29) is 19.0 Å². The average molecular weight is 263 g/mol. The predicted molar refractivity (Wildman–Crippen MR) is 74.4 cm³/mol. The third-order valence-electron chi connectivity index (χ3n) is 2.91. The molecule has 2 heterocycles. The molecule has 0 saturated heterocycles.